The van der Waals surface area contributed by atoms with Crippen LogP contribution in [0.5, 0.6) is 0 Å². The van der Waals surface area contributed by atoms with E-state index in [2.05, 4.69) is 9.97 Å². The number of Topliss-reactive ketones (excluding diaryl/α,β-unsaturated/α-hetero) is 1. The smallest absolute Gasteiger partial charge is 0.354 e. The van der Waals surface area contributed by atoms with Crippen LogP contribution >= 0.6 is 0 Å². The summed E-state index contributed by atoms with van der Waals surface area (Å²) >= 11 is 0. The predicted octanol–water partition coefficient (Wildman–Crippen LogP) is 0.377. The summed E-state index contributed by atoms with van der Waals surface area (Å²) < 4.78 is 0. The minimum absolute atomic E-state index is 0.0742. The lowest BCUT2D eigenvalue weighted by molar-refractivity contribution is 0.0690. The minimum Gasteiger partial charge on any atom is -0.477 e. The second-order valence-electron chi connectivity index (χ2n) is 2.13. The van der Waals surface area contributed by atoms with Gasteiger partial charge in [0.25, 0.3) is 0 Å². The van der Waals surface area contributed by atoms with Crippen LogP contribution in [0.3, 0.4) is 0 Å². The Balaban J connectivity index is 3.12. The van der Waals surface area contributed by atoms with Crippen LogP contribution in [0.4, 0.5) is 0 Å². The van der Waals surface area contributed by atoms with E-state index in [-0.39, 0.29) is 17.3 Å². The topological polar surface area (TPSA) is 80.2 Å². The highest BCUT2D eigenvalue weighted by molar-refractivity contribution is 5.92. The molecular weight excluding hydrogens is 160 g/mol. The SMILES string of the molecule is CC(=O)c1nccc(C(=O)O)n1. The monoisotopic (exact) mass is 166 g/mol. The molecule has 0 aromatic carbocycles. The molecule has 0 fully saturated rings. The van der Waals surface area contributed by atoms with E-state index < -0.39 is 5.97 Å². The zero-order chi connectivity index (χ0) is 9.14. The Morgan fingerprint density at radius 3 is 2.67 bits per heavy atom. The van der Waals surface area contributed by atoms with Gasteiger partial charge < -0.3 is 5.11 Å². The molecule has 1 aromatic heterocycles. The Morgan fingerprint density at radius 2 is 2.17 bits per heavy atom. The quantitative estimate of drug-likeness (QED) is 0.642. The third-order valence-corrected chi connectivity index (χ3v) is 1.19. The highest BCUT2D eigenvalue weighted by atomic mass is 16.4. The number of ketones is 1. The minimum atomic E-state index is -1.17. The molecule has 0 aliphatic carbocycles. The molecule has 0 unspecified atom stereocenters. The number of hydrogen-bond donors (Lipinski definition) is 1. The zero-order valence-electron chi connectivity index (χ0n) is 6.31. The first-order chi connectivity index (χ1) is 5.61. The number of carbonyl (C=O) groups excluding carboxylic acids is 1. The van der Waals surface area contributed by atoms with E-state index >= 15 is 0 Å². The molecule has 0 aliphatic rings. The molecule has 5 nitrogen and oxygen atoms in total. The van der Waals surface area contributed by atoms with E-state index in [9.17, 15) is 9.59 Å². The van der Waals surface area contributed by atoms with Crippen LogP contribution in [-0.4, -0.2) is 26.8 Å². The standard InChI is InChI=1S/C7H6N2O3/c1-4(10)6-8-3-2-5(9-6)7(11)12/h2-3H,1H3,(H,11,12). The van der Waals surface area contributed by atoms with E-state index in [1.165, 1.54) is 19.2 Å². The van der Waals surface area contributed by atoms with Crippen molar-refractivity contribution in [3.05, 3.63) is 23.8 Å². The van der Waals surface area contributed by atoms with Gasteiger partial charge in [-0.1, -0.05) is 0 Å². The van der Waals surface area contributed by atoms with Crippen LogP contribution in [0, 0.1) is 0 Å². The molecule has 0 saturated heterocycles. The fraction of sp³-hybridized carbons (Fsp3) is 0.143. The Kier molecular flexibility index (Phi) is 2.14. The third kappa shape index (κ3) is 1.63. The molecule has 1 aromatic rings. The van der Waals surface area contributed by atoms with Crippen molar-refractivity contribution >= 4 is 11.8 Å². The lowest BCUT2D eigenvalue weighted by atomic mass is 10.3. The summed E-state index contributed by atoms with van der Waals surface area (Å²) in [6.07, 6.45) is 1.24. The molecule has 0 spiro atoms. The number of carboxylic acid groups (broad SMARTS) is 1. The highest BCUT2D eigenvalue weighted by Crippen LogP contribution is 1.95. The van der Waals surface area contributed by atoms with Gasteiger partial charge in [-0.2, -0.15) is 0 Å². The fourth-order valence-corrected chi connectivity index (χ4v) is 0.647. The van der Waals surface area contributed by atoms with Crippen molar-refractivity contribution in [3.63, 3.8) is 0 Å². The number of nitrogens with zero attached hydrogens (tertiary/aromatic N) is 2. The van der Waals surface area contributed by atoms with Crippen LogP contribution < -0.4 is 0 Å². The van der Waals surface area contributed by atoms with Crippen LogP contribution in [0.15, 0.2) is 12.3 Å². The number of carbonyl (C=O) groups is 2. The van der Waals surface area contributed by atoms with Gasteiger partial charge in [0.05, 0.1) is 0 Å². The Hall–Kier alpha value is -1.78. The van der Waals surface area contributed by atoms with Gasteiger partial charge in [-0.25, -0.2) is 14.8 Å². The first-order valence-electron chi connectivity index (χ1n) is 3.18. The molecule has 0 saturated carbocycles. The molecule has 0 amide bonds. The van der Waals surface area contributed by atoms with Crippen LogP contribution in [0.25, 0.3) is 0 Å². The molecule has 0 aliphatic heterocycles. The first kappa shape index (κ1) is 8.32. The van der Waals surface area contributed by atoms with Crippen molar-refractivity contribution in [1.29, 1.82) is 0 Å². The normalized spacial score (nSPS) is 9.42. The maximum Gasteiger partial charge on any atom is 0.354 e. The number of hydrogen-bond acceptors (Lipinski definition) is 4. The summed E-state index contributed by atoms with van der Waals surface area (Å²) in [4.78, 5) is 28.2. The number of carboxylic acids is 1. The van der Waals surface area contributed by atoms with Gasteiger partial charge in [-0.3, -0.25) is 4.79 Å². The van der Waals surface area contributed by atoms with Crippen molar-refractivity contribution in [2.75, 3.05) is 0 Å². The maximum atomic E-state index is 10.7. The predicted molar refractivity (Wildman–Crippen MR) is 39.0 cm³/mol. The average Bonchev–Trinajstić information content (AvgIpc) is 2.04. The lowest BCUT2D eigenvalue weighted by Gasteiger charge is -1.94. The van der Waals surface area contributed by atoms with Crippen LogP contribution in [0.1, 0.15) is 28.0 Å². The molecule has 5 heteroatoms. The lowest BCUT2D eigenvalue weighted by Crippen LogP contribution is -2.07. The second kappa shape index (κ2) is 3.08. The van der Waals surface area contributed by atoms with Gasteiger partial charge in [-0.05, 0) is 6.07 Å². The highest BCUT2D eigenvalue weighted by Gasteiger charge is 2.08. The van der Waals surface area contributed by atoms with Crippen molar-refractivity contribution in [1.82, 2.24) is 9.97 Å². The van der Waals surface area contributed by atoms with E-state index in [4.69, 9.17) is 5.11 Å². The second-order valence-corrected chi connectivity index (χ2v) is 2.13. The Labute approximate surface area is 68.1 Å². The van der Waals surface area contributed by atoms with Gasteiger partial charge in [0.2, 0.25) is 0 Å². The summed E-state index contributed by atoms with van der Waals surface area (Å²) in [5, 5.41) is 8.49. The molecular formula is C7H6N2O3. The average molecular weight is 166 g/mol. The van der Waals surface area contributed by atoms with Gasteiger partial charge in [-0.15, -0.1) is 0 Å². The van der Waals surface area contributed by atoms with Gasteiger partial charge in [0.15, 0.2) is 17.3 Å². The summed E-state index contributed by atoms with van der Waals surface area (Å²) in [6.45, 7) is 1.28. The van der Waals surface area contributed by atoms with E-state index in [1.54, 1.807) is 0 Å². The largest absolute Gasteiger partial charge is 0.477 e. The first-order valence-corrected chi connectivity index (χ1v) is 3.18. The van der Waals surface area contributed by atoms with Crippen molar-refractivity contribution in [2.45, 2.75) is 6.92 Å². The van der Waals surface area contributed by atoms with Crippen molar-refractivity contribution in [2.24, 2.45) is 0 Å². The van der Waals surface area contributed by atoms with E-state index in [0.717, 1.165) is 0 Å². The molecule has 1 N–H and O–H groups in total. The maximum absolute atomic E-state index is 10.7. The van der Waals surface area contributed by atoms with E-state index in [0.29, 0.717) is 0 Å². The molecule has 12 heavy (non-hydrogen) atoms. The Bertz CT molecular complexity index is 306. The fourth-order valence-electron chi connectivity index (χ4n) is 0.647. The van der Waals surface area contributed by atoms with Gasteiger partial charge in [0.1, 0.15) is 0 Å². The molecule has 62 valence electrons. The molecule has 1 rings (SSSR count). The summed E-state index contributed by atoms with van der Waals surface area (Å²) in [5.74, 6) is -1.59. The van der Waals surface area contributed by atoms with Crippen molar-refractivity contribution < 1.29 is 14.7 Å². The van der Waals surface area contributed by atoms with Gasteiger partial charge in [0, 0.05) is 13.1 Å². The molecule has 0 radical (unpaired) electrons. The van der Waals surface area contributed by atoms with Gasteiger partial charge >= 0.3 is 5.97 Å². The van der Waals surface area contributed by atoms with Crippen LogP contribution in [-0.2, 0) is 0 Å². The Morgan fingerprint density at radius 1 is 1.50 bits per heavy atom. The third-order valence-electron chi connectivity index (χ3n) is 1.19. The summed E-state index contributed by atoms with van der Waals surface area (Å²) in [7, 11) is 0. The molecule has 1 heterocycles. The molecule has 0 atom stereocenters. The van der Waals surface area contributed by atoms with E-state index in [1.807, 2.05) is 0 Å². The summed E-state index contributed by atoms with van der Waals surface area (Å²) in [6, 6.07) is 1.23. The summed E-state index contributed by atoms with van der Waals surface area (Å²) in [5.41, 5.74) is -0.171. The van der Waals surface area contributed by atoms with Crippen LogP contribution in [0.2, 0.25) is 0 Å². The number of rotatable bonds is 2. The number of aromatic carboxylic acids is 1. The van der Waals surface area contributed by atoms with Crippen molar-refractivity contribution in [3.8, 4) is 0 Å². The zero-order valence-corrected chi connectivity index (χ0v) is 6.31. The molecule has 0 bridgehead atoms. The number of aromatic nitrogens is 2.